The molecule has 0 radical (unpaired) electrons. The fourth-order valence-electron chi connectivity index (χ4n) is 7.04. The second kappa shape index (κ2) is 27.6. The van der Waals surface area contributed by atoms with Crippen LogP contribution in [0.1, 0.15) is 84.9 Å². The van der Waals surface area contributed by atoms with E-state index >= 15 is 0 Å². The molecule has 0 atom stereocenters. The number of aromatic nitrogens is 6. The number of hydrogen-bond donors (Lipinski definition) is 1. The molecule has 24 nitrogen and oxygen atoms in total. The number of unbranched alkanes of at least 4 members (excludes halogenated alkanes) is 6. The van der Waals surface area contributed by atoms with E-state index in [2.05, 4.69) is 4.74 Å². The van der Waals surface area contributed by atoms with Crippen molar-refractivity contribution in [2.75, 3.05) is 54.4 Å². The van der Waals surface area contributed by atoms with Crippen LogP contribution in [-0.2, 0) is 82.1 Å². The molecule has 376 valence electrons. The van der Waals surface area contributed by atoms with Gasteiger partial charge in [-0.15, -0.1) is 0 Å². The summed E-state index contributed by atoms with van der Waals surface area (Å²) in [4.78, 5) is 140. The van der Waals surface area contributed by atoms with E-state index in [1.165, 1.54) is 14.2 Å². The highest BCUT2D eigenvalue weighted by Gasteiger charge is 2.20. The molecule has 69 heavy (non-hydrogen) atoms. The minimum atomic E-state index is -1.14. The standard InChI is InChI=1S/C45H58N6O18/c1-64-27-22-50-43(61)49(21-24-52)44(62)51(45(50)63)23-28-68-37(55)17-20-48-41(59)46(18-15-35(53)65-2)40(58)47(42(48)60)19-16-36(54)67-25-9-7-5-4-6-8-10-26-69-39(57)34-14-12-31-29-33(38(56)66-3)13-11-32(31)30-34/h11-14,29-30,52H,4-10,15-28H2,1-3H3. The van der Waals surface area contributed by atoms with Gasteiger partial charge in [0, 0.05) is 26.7 Å². The topological polar surface area (TPSA) is 293 Å². The summed E-state index contributed by atoms with van der Waals surface area (Å²) in [6.07, 6.45) is 4.07. The number of esters is 5. The Morgan fingerprint density at radius 2 is 0.797 bits per heavy atom. The highest BCUT2D eigenvalue weighted by atomic mass is 16.5. The number of aliphatic hydroxyl groups is 1. The summed E-state index contributed by atoms with van der Waals surface area (Å²) >= 11 is 0. The lowest BCUT2D eigenvalue weighted by Crippen LogP contribution is -2.55. The first-order valence-corrected chi connectivity index (χ1v) is 22.3. The Bertz CT molecular complexity index is 2820. The van der Waals surface area contributed by atoms with Gasteiger partial charge in [0.15, 0.2) is 0 Å². The molecule has 4 rings (SSSR count). The average molecular weight is 971 g/mol. The van der Waals surface area contributed by atoms with Crippen LogP contribution in [-0.4, -0.2) is 117 Å². The van der Waals surface area contributed by atoms with Gasteiger partial charge in [-0.1, -0.05) is 44.2 Å². The van der Waals surface area contributed by atoms with Gasteiger partial charge in [0.25, 0.3) is 0 Å². The molecule has 0 saturated heterocycles. The van der Waals surface area contributed by atoms with Crippen molar-refractivity contribution in [3.63, 3.8) is 0 Å². The van der Waals surface area contributed by atoms with Crippen LogP contribution in [0.25, 0.3) is 10.8 Å². The molecule has 2 aromatic carbocycles. The molecule has 0 aliphatic rings. The lowest BCUT2D eigenvalue weighted by molar-refractivity contribution is -0.145. The average Bonchev–Trinajstić information content (AvgIpc) is 3.34. The van der Waals surface area contributed by atoms with Gasteiger partial charge in [-0.3, -0.25) is 14.4 Å². The van der Waals surface area contributed by atoms with Crippen LogP contribution in [0.4, 0.5) is 0 Å². The number of methoxy groups -OCH3 is 3. The highest BCUT2D eigenvalue weighted by Crippen LogP contribution is 2.19. The number of rotatable bonds is 29. The molecule has 0 amide bonds. The van der Waals surface area contributed by atoms with Crippen molar-refractivity contribution in [3.8, 4) is 0 Å². The quantitative estimate of drug-likeness (QED) is 0.0424. The lowest BCUT2D eigenvalue weighted by Gasteiger charge is -2.14. The van der Waals surface area contributed by atoms with Gasteiger partial charge in [0.1, 0.15) is 6.61 Å². The molecule has 2 heterocycles. The Hall–Kier alpha value is -7.21. The van der Waals surface area contributed by atoms with E-state index in [0.29, 0.717) is 46.8 Å². The number of aliphatic hydroxyl groups excluding tert-OH is 1. The fourth-order valence-corrected chi connectivity index (χ4v) is 7.04. The molecule has 0 spiro atoms. The fraction of sp³-hybridized carbons (Fsp3) is 0.533. The van der Waals surface area contributed by atoms with Gasteiger partial charge in [-0.25, -0.2) is 65.8 Å². The Morgan fingerprint density at radius 1 is 0.420 bits per heavy atom. The number of hydrogen-bond acceptors (Lipinski definition) is 18. The van der Waals surface area contributed by atoms with E-state index in [1.54, 1.807) is 36.4 Å². The van der Waals surface area contributed by atoms with Crippen LogP contribution in [0, 0.1) is 0 Å². The van der Waals surface area contributed by atoms with Crippen molar-refractivity contribution in [2.45, 2.75) is 103 Å². The zero-order chi connectivity index (χ0) is 50.5. The zero-order valence-electron chi connectivity index (χ0n) is 38.9. The van der Waals surface area contributed by atoms with Gasteiger partial charge < -0.3 is 33.5 Å². The first-order chi connectivity index (χ1) is 33.2. The third-order valence-electron chi connectivity index (χ3n) is 10.8. The molecule has 2 aromatic heterocycles. The van der Waals surface area contributed by atoms with E-state index in [0.717, 1.165) is 54.6 Å². The van der Waals surface area contributed by atoms with Crippen molar-refractivity contribution >= 4 is 40.6 Å². The predicted molar refractivity (Wildman–Crippen MR) is 243 cm³/mol. The Balaban J connectivity index is 1.22. The molecule has 4 aromatic rings. The minimum absolute atomic E-state index is 0.0435. The molecule has 0 bridgehead atoms. The molecule has 1 N–H and O–H groups in total. The third-order valence-corrected chi connectivity index (χ3v) is 10.8. The SMILES string of the molecule is COCCn1c(=O)n(CCO)c(=O)n(CCOC(=O)CCn2c(=O)n(CCC(=O)OC)c(=O)n(CCC(=O)OCCCCCCCCCOC(=O)c3ccc4cc(C(=O)OC)ccc4c3)c2=O)c1=O. The molecule has 0 fully saturated rings. The van der Waals surface area contributed by atoms with E-state index < -0.39 is 129 Å². The van der Waals surface area contributed by atoms with Crippen molar-refractivity contribution in [2.24, 2.45) is 0 Å². The molecule has 0 unspecified atom stereocenters. The molecule has 24 heteroatoms. The summed E-state index contributed by atoms with van der Waals surface area (Å²) in [5.74, 6) is -3.33. The molecule has 0 saturated carbocycles. The van der Waals surface area contributed by atoms with Crippen molar-refractivity contribution in [1.82, 2.24) is 27.4 Å². The molecular formula is C45H58N6O18. The summed E-state index contributed by atoms with van der Waals surface area (Å²) in [6, 6.07) is 10.2. The van der Waals surface area contributed by atoms with Crippen LogP contribution < -0.4 is 34.1 Å². The molecule has 0 aliphatic heterocycles. The maximum Gasteiger partial charge on any atom is 0.338 e. The molecular weight excluding hydrogens is 913 g/mol. The van der Waals surface area contributed by atoms with Crippen molar-refractivity contribution < 1.29 is 57.5 Å². The first-order valence-electron chi connectivity index (χ1n) is 22.3. The van der Waals surface area contributed by atoms with Crippen LogP contribution in [0.3, 0.4) is 0 Å². The number of fused-ring (bicyclic) bond motifs is 1. The maximum absolute atomic E-state index is 13.4. The normalized spacial score (nSPS) is 11.1. The van der Waals surface area contributed by atoms with Crippen LogP contribution in [0.5, 0.6) is 0 Å². The van der Waals surface area contributed by atoms with E-state index in [-0.39, 0.29) is 26.4 Å². The minimum Gasteiger partial charge on any atom is -0.469 e. The third kappa shape index (κ3) is 15.4. The van der Waals surface area contributed by atoms with Crippen LogP contribution in [0.2, 0.25) is 0 Å². The number of nitrogens with zero attached hydrogens (tertiary/aromatic N) is 6. The lowest BCUT2D eigenvalue weighted by atomic mass is 10.0. The maximum atomic E-state index is 13.4. The monoisotopic (exact) mass is 970 g/mol. The second-order valence-corrected chi connectivity index (χ2v) is 15.5. The number of carbonyl (C=O) groups is 5. The van der Waals surface area contributed by atoms with Gasteiger partial charge in [-0.05, 0) is 47.9 Å². The smallest absolute Gasteiger partial charge is 0.338 e. The summed E-state index contributed by atoms with van der Waals surface area (Å²) in [6.45, 7) is -3.52. The Labute approximate surface area is 393 Å². The summed E-state index contributed by atoms with van der Waals surface area (Å²) in [7, 11) is 3.75. The van der Waals surface area contributed by atoms with E-state index in [4.69, 9.17) is 23.7 Å². The number of ether oxygens (including phenoxy) is 6. The van der Waals surface area contributed by atoms with Crippen molar-refractivity contribution in [1.29, 1.82) is 0 Å². The number of benzene rings is 2. The van der Waals surface area contributed by atoms with Gasteiger partial charge in [0.2, 0.25) is 0 Å². The van der Waals surface area contributed by atoms with Crippen LogP contribution in [0.15, 0.2) is 65.2 Å². The largest absolute Gasteiger partial charge is 0.469 e. The summed E-state index contributed by atoms with van der Waals surface area (Å²) < 4.78 is 33.9. The Kier molecular flexibility index (Phi) is 21.7. The predicted octanol–water partition coefficient (Wildman–Crippen LogP) is -0.0471. The van der Waals surface area contributed by atoms with Gasteiger partial charge in [-0.2, -0.15) is 0 Å². The second-order valence-electron chi connectivity index (χ2n) is 15.5. The van der Waals surface area contributed by atoms with Gasteiger partial charge in [0.05, 0.1) is 90.7 Å². The zero-order valence-corrected chi connectivity index (χ0v) is 38.9. The first kappa shape index (κ1) is 54.4. The Morgan fingerprint density at radius 3 is 1.23 bits per heavy atom. The summed E-state index contributed by atoms with van der Waals surface area (Å²) in [5, 5.41) is 10.9. The summed E-state index contributed by atoms with van der Waals surface area (Å²) in [5.41, 5.74) is -5.59. The van der Waals surface area contributed by atoms with Gasteiger partial charge >= 0.3 is 64.0 Å². The molecule has 0 aliphatic carbocycles. The van der Waals surface area contributed by atoms with E-state index in [9.17, 15) is 57.8 Å². The highest BCUT2D eigenvalue weighted by molar-refractivity contribution is 5.99. The number of carbonyl (C=O) groups excluding carboxylic acids is 5. The van der Waals surface area contributed by atoms with Crippen LogP contribution >= 0.6 is 0 Å². The van der Waals surface area contributed by atoms with E-state index in [1.807, 2.05) is 0 Å². The van der Waals surface area contributed by atoms with Crippen molar-refractivity contribution in [3.05, 3.63) is 110 Å².